The molecule has 0 aromatic heterocycles. The summed E-state index contributed by atoms with van der Waals surface area (Å²) in [4.78, 5) is 0. The van der Waals surface area contributed by atoms with Crippen molar-refractivity contribution >= 4 is 31.4 Å². The van der Waals surface area contributed by atoms with E-state index in [2.05, 4.69) is 173 Å². The Kier molecular flexibility index (Phi) is 12.4. The normalized spacial score (nSPS) is 19.7. The number of aryl methyl sites for hydroxylation is 1. The first kappa shape index (κ1) is 42.7. The van der Waals surface area contributed by atoms with Crippen LogP contribution >= 0.6 is 0 Å². The third-order valence-electron chi connectivity index (χ3n) is 14.0. The van der Waals surface area contributed by atoms with Crippen molar-refractivity contribution in [1.29, 1.82) is 0 Å². The first-order chi connectivity index (χ1) is 27.5. The molecule has 1 nitrogen and oxygen atoms in total. The predicted octanol–water partition coefficient (Wildman–Crippen LogP) is 16.1. The number of allylic oxidation sites excluding steroid dienone is 2. The average molecular weight is 791 g/mol. The topological polar surface area (TPSA) is 9.23 Å². The molecule has 0 saturated heterocycles. The Morgan fingerprint density at radius 2 is 1.09 bits per heavy atom. The van der Waals surface area contributed by atoms with E-state index in [1.165, 1.54) is 90.8 Å². The molecule has 0 spiro atoms. The van der Waals surface area contributed by atoms with Crippen molar-refractivity contribution in [2.45, 2.75) is 173 Å². The highest BCUT2D eigenvalue weighted by molar-refractivity contribution is 6.85. The monoisotopic (exact) mass is 791 g/mol. The van der Waals surface area contributed by atoms with Crippen LogP contribution < -0.4 is 0 Å². The third-order valence-corrected chi connectivity index (χ3v) is 19.3. The van der Waals surface area contributed by atoms with Gasteiger partial charge in [0.25, 0.3) is 0 Å². The van der Waals surface area contributed by atoms with E-state index in [4.69, 9.17) is 4.74 Å². The lowest BCUT2D eigenvalue weighted by Gasteiger charge is -2.44. The van der Waals surface area contributed by atoms with Crippen molar-refractivity contribution in [1.82, 2.24) is 0 Å². The average Bonchev–Trinajstić information content (AvgIpc) is 3.76. The van der Waals surface area contributed by atoms with E-state index in [1.807, 2.05) is 0 Å². The Labute approximate surface area is 354 Å². The summed E-state index contributed by atoms with van der Waals surface area (Å²) in [6.45, 7) is 26.8. The van der Waals surface area contributed by atoms with E-state index in [9.17, 15) is 0 Å². The number of hydrogen-bond acceptors (Lipinski definition) is 1. The molecule has 1 saturated carbocycles. The zero-order valence-electron chi connectivity index (χ0n) is 38.2. The SMILES string of the molecule is Cc1cc(C(C)(C)C)ccc1C1=Cc2ccccc2C1[Si](C)(CCCCCCOC(C)(C)C)C1C(c2ccc(C(C)(C)C)cc2C2CCCCC2)=Cc2ccccc21. The molecule has 308 valence electrons. The minimum atomic E-state index is -2.34. The number of fused-ring (bicyclic) bond motifs is 2. The maximum absolute atomic E-state index is 6.17. The molecule has 0 radical (unpaired) electrons. The van der Waals surface area contributed by atoms with Crippen LogP contribution in [-0.4, -0.2) is 20.3 Å². The van der Waals surface area contributed by atoms with Gasteiger partial charge >= 0.3 is 0 Å². The van der Waals surface area contributed by atoms with Crippen LogP contribution in [0.4, 0.5) is 0 Å². The molecule has 2 heteroatoms. The van der Waals surface area contributed by atoms with Crippen LogP contribution in [0.2, 0.25) is 12.6 Å². The summed E-state index contributed by atoms with van der Waals surface area (Å²) >= 11 is 0. The second-order valence-corrected chi connectivity index (χ2v) is 26.3. The van der Waals surface area contributed by atoms with Gasteiger partial charge in [-0.3, -0.25) is 0 Å². The molecule has 0 amide bonds. The molecule has 7 rings (SSSR count). The largest absolute Gasteiger partial charge is 0.376 e. The molecular weight excluding hydrogens is 717 g/mol. The Balaban J connectivity index is 1.38. The van der Waals surface area contributed by atoms with Crippen molar-refractivity contribution in [3.05, 3.63) is 141 Å². The van der Waals surface area contributed by atoms with E-state index in [0.717, 1.165) is 13.0 Å². The lowest BCUT2D eigenvalue weighted by Crippen LogP contribution is -2.45. The Morgan fingerprint density at radius 3 is 1.64 bits per heavy atom. The summed E-state index contributed by atoms with van der Waals surface area (Å²) in [5.74, 6) is 0.631. The van der Waals surface area contributed by atoms with Crippen molar-refractivity contribution in [2.24, 2.45) is 0 Å². The maximum Gasteiger partial charge on any atom is 0.0761 e. The molecule has 4 aromatic carbocycles. The van der Waals surface area contributed by atoms with Gasteiger partial charge in [-0.25, -0.2) is 0 Å². The van der Waals surface area contributed by atoms with Crippen LogP contribution in [0.15, 0.2) is 84.9 Å². The first-order valence-corrected chi connectivity index (χ1v) is 25.8. The summed E-state index contributed by atoms with van der Waals surface area (Å²) in [5, 5.41) is 0. The van der Waals surface area contributed by atoms with E-state index >= 15 is 0 Å². The molecule has 58 heavy (non-hydrogen) atoms. The highest BCUT2D eigenvalue weighted by Gasteiger charge is 2.52. The van der Waals surface area contributed by atoms with Gasteiger partial charge in [0.1, 0.15) is 0 Å². The number of benzene rings is 4. The van der Waals surface area contributed by atoms with Crippen molar-refractivity contribution in [3.8, 4) is 0 Å². The zero-order valence-corrected chi connectivity index (χ0v) is 39.2. The van der Waals surface area contributed by atoms with Crippen LogP contribution in [0.3, 0.4) is 0 Å². The third kappa shape index (κ3) is 9.00. The molecule has 4 aromatic rings. The van der Waals surface area contributed by atoms with Crippen LogP contribution in [0, 0.1) is 6.92 Å². The lowest BCUT2D eigenvalue weighted by molar-refractivity contribution is -0.00471. The summed E-state index contributed by atoms with van der Waals surface area (Å²) < 4.78 is 6.17. The van der Waals surface area contributed by atoms with E-state index < -0.39 is 8.07 Å². The Hall–Kier alpha value is -3.46. The van der Waals surface area contributed by atoms with Crippen LogP contribution in [0.25, 0.3) is 23.3 Å². The molecular formula is C56H74OSi. The van der Waals surface area contributed by atoms with Gasteiger partial charge in [0.05, 0.1) is 13.7 Å². The van der Waals surface area contributed by atoms with Crippen LogP contribution in [-0.2, 0) is 15.6 Å². The van der Waals surface area contributed by atoms with Crippen molar-refractivity contribution in [2.75, 3.05) is 6.61 Å². The van der Waals surface area contributed by atoms with Gasteiger partial charge in [-0.2, -0.15) is 0 Å². The van der Waals surface area contributed by atoms with Crippen LogP contribution in [0.5, 0.6) is 0 Å². The zero-order chi connectivity index (χ0) is 41.5. The number of unbranched alkanes of at least 4 members (excludes halogenated alkanes) is 3. The second-order valence-electron chi connectivity index (χ2n) is 21.6. The van der Waals surface area contributed by atoms with Crippen molar-refractivity contribution in [3.63, 3.8) is 0 Å². The summed E-state index contributed by atoms with van der Waals surface area (Å²) in [5.41, 5.74) is 19.0. The highest BCUT2D eigenvalue weighted by Crippen LogP contribution is 2.59. The molecule has 3 aliphatic rings. The number of ether oxygens (including phenoxy) is 1. The highest BCUT2D eigenvalue weighted by atomic mass is 28.3. The van der Waals surface area contributed by atoms with E-state index in [0.29, 0.717) is 17.0 Å². The first-order valence-electron chi connectivity index (χ1n) is 23.0. The standard InChI is InChI=1S/C56H74OSi/c1-39-35-43(54(2,3)4)29-31-45(39)50-36-41-25-17-19-27-46(41)52(50)58(11,34-22-13-12-21-33-57-56(8,9)10)53-47-28-20-18-26-42(47)37-51(53)48-32-30-44(55(5,6)7)38-49(48)40-23-15-14-16-24-40/h17-20,25-32,35-38,40,52-53H,12-16,21-24,33-34H2,1-11H3. The lowest BCUT2D eigenvalue weighted by atomic mass is 9.77. The van der Waals surface area contributed by atoms with Gasteiger partial charge in [0.2, 0.25) is 0 Å². The van der Waals surface area contributed by atoms with Crippen molar-refractivity contribution < 1.29 is 4.74 Å². The van der Waals surface area contributed by atoms with E-state index in [1.54, 1.807) is 33.4 Å². The fraction of sp³-hybridized carbons (Fsp3) is 0.500. The molecule has 0 bridgehead atoms. The molecule has 3 atom stereocenters. The molecule has 0 heterocycles. The number of rotatable bonds is 12. The summed E-state index contributed by atoms with van der Waals surface area (Å²) in [6, 6.07) is 35.4. The van der Waals surface area contributed by atoms with Gasteiger partial charge in [-0.05, 0) is 130 Å². The Bertz CT molecular complexity index is 2140. The molecule has 3 aliphatic carbocycles. The summed E-state index contributed by atoms with van der Waals surface area (Å²) in [6.07, 6.45) is 16.8. The maximum atomic E-state index is 6.17. The number of hydrogen-bond donors (Lipinski definition) is 0. The van der Waals surface area contributed by atoms with Gasteiger partial charge in [-0.1, -0.05) is 190 Å². The minimum absolute atomic E-state index is 0.0759. The molecule has 3 unspecified atom stereocenters. The Morgan fingerprint density at radius 1 is 0.569 bits per heavy atom. The molecule has 1 fully saturated rings. The molecule has 0 aliphatic heterocycles. The van der Waals surface area contributed by atoms with Gasteiger partial charge in [0.15, 0.2) is 0 Å². The van der Waals surface area contributed by atoms with Crippen LogP contribution in [0.1, 0.15) is 193 Å². The van der Waals surface area contributed by atoms with Gasteiger partial charge in [0, 0.05) is 17.7 Å². The van der Waals surface area contributed by atoms with Gasteiger partial charge < -0.3 is 4.74 Å². The minimum Gasteiger partial charge on any atom is -0.376 e. The molecule has 0 N–H and O–H groups in total. The summed E-state index contributed by atoms with van der Waals surface area (Å²) in [7, 11) is -2.34. The van der Waals surface area contributed by atoms with E-state index in [-0.39, 0.29) is 16.4 Å². The van der Waals surface area contributed by atoms with Gasteiger partial charge in [-0.15, -0.1) is 0 Å². The fourth-order valence-electron chi connectivity index (χ4n) is 10.8. The predicted molar refractivity (Wildman–Crippen MR) is 256 cm³/mol. The smallest absolute Gasteiger partial charge is 0.0761 e. The quantitative estimate of drug-likeness (QED) is 0.103. The second kappa shape index (κ2) is 16.9. The fourth-order valence-corrected chi connectivity index (χ4v) is 16.6.